The number of allylic oxidation sites excluding steroid dienone is 1. The van der Waals surface area contributed by atoms with Crippen LogP contribution in [0.15, 0.2) is 51.0 Å². The highest BCUT2D eigenvalue weighted by atomic mass is 16.2. The van der Waals surface area contributed by atoms with Crippen LogP contribution in [-0.4, -0.2) is 15.8 Å². The quantitative estimate of drug-likeness (QED) is 0.654. The lowest BCUT2D eigenvalue weighted by Crippen LogP contribution is -2.35. The van der Waals surface area contributed by atoms with E-state index in [1.54, 1.807) is 6.08 Å². The SMILES string of the molecule is C#CCn1c(=O)[nH]c(N)c(N=C/C=C/c2ccccc2)c1=O. The summed E-state index contributed by atoms with van der Waals surface area (Å²) >= 11 is 0. The Morgan fingerprint density at radius 3 is 2.73 bits per heavy atom. The van der Waals surface area contributed by atoms with Gasteiger partial charge in [0.05, 0.1) is 6.54 Å². The Hall–Kier alpha value is -3.33. The Balaban J connectivity index is 2.30. The van der Waals surface area contributed by atoms with Crippen molar-refractivity contribution in [3.05, 3.63) is 62.8 Å². The molecule has 0 aliphatic rings. The number of aromatic amines is 1. The van der Waals surface area contributed by atoms with E-state index >= 15 is 0 Å². The lowest BCUT2D eigenvalue weighted by molar-refractivity contribution is 0.731. The summed E-state index contributed by atoms with van der Waals surface area (Å²) in [6, 6.07) is 9.60. The molecular weight excluding hydrogens is 280 g/mol. The van der Waals surface area contributed by atoms with Crippen LogP contribution in [0.25, 0.3) is 6.08 Å². The smallest absolute Gasteiger partial charge is 0.330 e. The maximum atomic E-state index is 12.1. The van der Waals surface area contributed by atoms with E-state index in [0.29, 0.717) is 0 Å². The first-order valence-corrected chi connectivity index (χ1v) is 6.45. The van der Waals surface area contributed by atoms with Crippen molar-refractivity contribution in [1.82, 2.24) is 9.55 Å². The number of anilines is 1. The lowest BCUT2D eigenvalue weighted by Gasteiger charge is -2.03. The largest absolute Gasteiger partial charge is 0.383 e. The molecule has 6 nitrogen and oxygen atoms in total. The van der Waals surface area contributed by atoms with Gasteiger partial charge in [0.25, 0.3) is 5.56 Å². The first-order chi connectivity index (χ1) is 10.6. The highest BCUT2D eigenvalue weighted by Crippen LogP contribution is 2.10. The predicted molar refractivity (Wildman–Crippen MR) is 88.2 cm³/mol. The summed E-state index contributed by atoms with van der Waals surface area (Å²) < 4.78 is 0.865. The summed E-state index contributed by atoms with van der Waals surface area (Å²) in [5, 5.41) is 0. The van der Waals surface area contributed by atoms with Gasteiger partial charge < -0.3 is 5.73 Å². The van der Waals surface area contributed by atoms with Crippen LogP contribution < -0.4 is 17.0 Å². The van der Waals surface area contributed by atoms with Crippen molar-refractivity contribution in [2.75, 3.05) is 5.73 Å². The number of terminal acetylenes is 1. The molecule has 0 aliphatic heterocycles. The fourth-order valence-electron chi connectivity index (χ4n) is 1.77. The van der Waals surface area contributed by atoms with E-state index in [9.17, 15) is 9.59 Å². The number of hydrogen-bond donors (Lipinski definition) is 2. The maximum absolute atomic E-state index is 12.1. The fraction of sp³-hybridized carbons (Fsp3) is 0.0625. The van der Waals surface area contributed by atoms with Gasteiger partial charge in [-0.05, 0) is 11.6 Å². The van der Waals surface area contributed by atoms with E-state index in [4.69, 9.17) is 12.2 Å². The average Bonchev–Trinajstić information content (AvgIpc) is 2.51. The lowest BCUT2D eigenvalue weighted by atomic mass is 10.2. The normalized spacial score (nSPS) is 11.0. The third kappa shape index (κ3) is 3.41. The van der Waals surface area contributed by atoms with Crippen molar-refractivity contribution in [3.8, 4) is 12.3 Å². The summed E-state index contributed by atoms with van der Waals surface area (Å²) in [6.07, 6.45) is 10.1. The van der Waals surface area contributed by atoms with E-state index in [-0.39, 0.29) is 18.1 Å². The third-order valence-corrected chi connectivity index (χ3v) is 2.82. The van der Waals surface area contributed by atoms with Crippen LogP contribution in [0.5, 0.6) is 0 Å². The molecule has 110 valence electrons. The summed E-state index contributed by atoms with van der Waals surface area (Å²) in [7, 11) is 0. The Bertz CT molecular complexity index is 868. The van der Waals surface area contributed by atoms with E-state index < -0.39 is 11.2 Å². The highest BCUT2D eigenvalue weighted by Gasteiger charge is 2.09. The zero-order valence-electron chi connectivity index (χ0n) is 11.7. The van der Waals surface area contributed by atoms with Gasteiger partial charge in [-0.2, -0.15) is 0 Å². The molecule has 0 atom stereocenters. The third-order valence-electron chi connectivity index (χ3n) is 2.82. The van der Waals surface area contributed by atoms with Crippen LogP contribution in [0.2, 0.25) is 0 Å². The van der Waals surface area contributed by atoms with Gasteiger partial charge in [-0.15, -0.1) is 6.42 Å². The molecular formula is C16H14N4O2. The number of hydrogen-bond acceptors (Lipinski definition) is 4. The molecule has 1 heterocycles. The Kier molecular flexibility index (Phi) is 4.73. The minimum Gasteiger partial charge on any atom is -0.383 e. The number of nitrogens with two attached hydrogens (primary N) is 1. The molecule has 3 N–H and O–H groups in total. The predicted octanol–water partition coefficient (Wildman–Crippen LogP) is 1.17. The fourth-order valence-corrected chi connectivity index (χ4v) is 1.77. The number of H-pyrrole nitrogens is 1. The molecule has 0 fully saturated rings. The molecule has 0 radical (unpaired) electrons. The van der Waals surface area contributed by atoms with Gasteiger partial charge in [0.2, 0.25) is 0 Å². The van der Waals surface area contributed by atoms with Crippen LogP contribution in [0.3, 0.4) is 0 Å². The number of rotatable bonds is 4. The number of nitrogens with one attached hydrogen (secondary N) is 1. The van der Waals surface area contributed by atoms with Gasteiger partial charge in [0.1, 0.15) is 5.82 Å². The van der Waals surface area contributed by atoms with Crippen LogP contribution in [0.1, 0.15) is 5.56 Å². The monoisotopic (exact) mass is 294 g/mol. The number of nitrogen functional groups attached to an aromatic ring is 1. The van der Waals surface area contributed by atoms with Gasteiger partial charge in [0, 0.05) is 6.21 Å². The molecule has 22 heavy (non-hydrogen) atoms. The van der Waals surface area contributed by atoms with Crippen LogP contribution >= 0.6 is 0 Å². The molecule has 0 amide bonds. The van der Waals surface area contributed by atoms with Crippen molar-refractivity contribution < 1.29 is 0 Å². The molecule has 0 saturated heterocycles. The summed E-state index contributed by atoms with van der Waals surface area (Å²) in [4.78, 5) is 30.0. The molecule has 0 aliphatic carbocycles. The van der Waals surface area contributed by atoms with Crippen molar-refractivity contribution in [2.45, 2.75) is 6.54 Å². The van der Waals surface area contributed by atoms with E-state index in [2.05, 4.69) is 15.9 Å². The first-order valence-electron chi connectivity index (χ1n) is 6.45. The minimum absolute atomic E-state index is 0.0486. The molecule has 2 rings (SSSR count). The van der Waals surface area contributed by atoms with Crippen molar-refractivity contribution in [1.29, 1.82) is 0 Å². The van der Waals surface area contributed by atoms with Crippen molar-refractivity contribution in [2.24, 2.45) is 4.99 Å². The highest BCUT2D eigenvalue weighted by molar-refractivity contribution is 5.81. The Morgan fingerprint density at radius 2 is 2.05 bits per heavy atom. The molecule has 0 spiro atoms. The van der Waals surface area contributed by atoms with Gasteiger partial charge in [-0.25, -0.2) is 14.4 Å². The second-order valence-corrected chi connectivity index (χ2v) is 4.34. The maximum Gasteiger partial charge on any atom is 0.330 e. The van der Waals surface area contributed by atoms with Crippen molar-refractivity contribution >= 4 is 23.8 Å². The summed E-state index contributed by atoms with van der Waals surface area (Å²) in [5.74, 6) is 2.15. The molecule has 0 unspecified atom stereocenters. The summed E-state index contributed by atoms with van der Waals surface area (Å²) in [6.45, 7) is -0.142. The van der Waals surface area contributed by atoms with Crippen LogP contribution in [0, 0.1) is 12.3 Å². The summed E-state index contributed by atoms with van der Waals surface area (Å²) in [5.41, 5.74) is 5.29. The second kappa shape index (κ2) is 6.90. The van der Waals surface area contributed by atoms with Gasteiger partial charge in [-0.3, -0.25) is 9.78 Å². The molecule has 6 heteroatoms. The second-order valence-electron chi connectivity index (χ2n) is 4.34. The van der Waals surface area contributed by atoms with Crippen LogP contribution in [-0.2, 0) is 6.54 Å². The van der Waals surface area contributed by atoms with E-state index in [1.165, 1.54) is 6.21 Å². The molecule has 1 aromatic carbocycles. The first kappa shape index (κ1) is 15.1. The van der Waals surface area contributed by atoms with Gasteiger partial charge >= 0.3 is 5.69 Å². The van der Waals surface area contributed by atoms with Crippen LogP contribution in [0.4, 0.5) is 11.5 Å². The Labute approximate surface area is 126 Å². The van der Waals surface area contributed by atoms with E-state index in [1.807, 2.05) is 36.4 Å². The number of benzene rings is 1. The molecule has 1 aromatic heterocycles. The van der Waals surface area contributed by atoms with Gasteiger partial charge in [-0.1, -0.05) is 42.3 Å². The number of nitrogens with zero attached hydrogens (tertiary/aromatic N) is 2. The van der Waals surface area contributed by atoms with Crippen molar-refractivity contribution in [3.63, 3.8) is 0 Å². The topological polar surface area (TPSA) is 93.2 Å². The van der Waals surface area contributed by atoms with Gasteiger partial charge in [0.15, 0.2) is 5.69 Å². The Morgan fingerprint density at radius 1 is 1.32 bits per heavy atom. The molecule has 0 saturated carbocycles. The number of aromatic nitrogens is 2. The average molecular weight is 294 g/mol. The molecule has 2 aromatic rings. The zero-order chi connectivity index (χ0) is 15.9. The molecule has 0 bridgehead atoms. The minimum atomic E-state index is -0.653. The zero-order valence-corrected chi connectivity index (χ0v) is 11.7. The standard InChI is InChI=1S/C16H14N4O2/c1-2-11-20-15(21)13(14(17)19-16(20)22)18-10-6-9-12-7-4-3-5-8-12/h1,3-10H,11,17H2,(H,19,22)/b9-6+,18-10?. The number of aliphatic imine (C=N–C) groups is 1. The van der Waals surface area contributed by atoms with E-state index in [0.717, 1.165) is 10.1 Å².